The lowest BCUT2D eigenvalue weighted by molar-refractivity contribution is 0.0441. The number of aliphatic hydroxyl groups excluding tert-OH is 1. The van der Waals surface area contributed by atoms with E-state index >= 15 is 0 Å². The standard InChI is InChI=1S/C22H27NO3/c1-22(2,3)26-21(25)23-20-18(24)14-17(15-10-6-4-7-11-15)19(20)16-12-8-5-9-13-16/h4-13,17-20,24H,14H2,1-3H3,(H,23,25)/t17-,18?,19-,20?/m0/s1. The van der Waals surface area contributed by atoms with E-state index in [0.717, 1.165) is 5.56 Å². The number of aliphatic hydroxyl groups is 1. The molecule has 4 heteroatoms. The Morgan fingerprint density at radius 3 is 2.08 bits per heavy atom. The van der Waals surface area contributed by atoms with Gasteiger partial charge in [-0.25, -0.2) is 4.79 Å². The first-order valence-electron chi connectivity index (χ1n) is 9.12. The van der Waals surface area contributed by atoms with Crippen LogP contribution < -0.4 is 5.32 Å². The summed E-state index contributed by atoms with van der Waals surface area (Å²) >= 11 is 0. The minimum absolute atomic E-state index is 0.0129. The molecule has 0 aliphatic heterocycles. The number of rotatable bonds is 3. The molecule has 1 amide bonds. The van der Waals surface area contributed by atoms with E-state index in [1.807, 2.05) is 57.2 Å². The number of benzene rings is 2. The minimum atomic E-state index is -0.627. The van der Waals surface area contributed by atoms with Crippen LogP contribution in [0.1, 0.15) is 50.2 Å². The largest absolute Gasteiger partial charge is 0.444 e. The van der Waals surface area contributed by atoms with Gasteiger partial charge in [-0.05, 0) is 44.2 Å². The lowest BCUT2D eigenvalue weighted by Gasteiger charge is -2.28. The van der Waals surface area contributed by atoms with E-state index in [9.17, 15) is 9.90 Å². The molecule has 2 aromatic carbocycles. The van der Waals surface area contributed by atoms with E-state index in [0.29, 0.717) is 6.42 Å². The maximum atomic E-state index is 12.3. The first-order valence-corrected chi connectivity index (χ1v) is 9.12. The molecule has 0 bridgehead atoms. The summed E-state index contributed by atoms with van der Waals surface area (Å²) in [7, 11) is 0. The van der Waals surface area contributed by atoms with Crippen LogP contribution in [0.15, 0.2) is 60.7 Å². The molecule has 3 rings (SSSR count). The van der Waals surface area contributed by atoms with Crippen LogP contribution in [-0.2, 0) is 4.74 Å². The number of carbonyl (C=O) groups is 1. The second-order valence-electron chi connectivity index (χ2n) is 7.93. The van der Waals surface area contributed by atoms with Gasteiger partial charge in [0.05, 0.1) is 12.1 Å². The molecule has 0 spiro atoms. The highest BCUT2D eigenvalue weighted by Crippen LogP contribution is 2.46. The maximum Gasteiger partial charge on any atom is 0.407 e. The molecule has 1 saturated carbocycles. The zero-order valence-corrected chi connectivity index (χ0v) is 15.6. The summed E-state index contributed by atoms with van der Waals surface area (Å²) in [5, 5.41) is 13.7. The molecule has 138 valence electrons. The normalized spacial score (nSPS) is 25.7. The number of ether oxygens (including phenoxy) is 1. The fraction of sp³-hybridized carbons (Fsp3) is 0.409. The van der Waals surface area contributed by atoms with Crippen LogP contribution in [0, 0.1) is 0 Å². The zero-order valence-electron chi connectivity index (χ0n) is 15.6. The van der Waals surface area contributed by atoms with Crippen LogP contribution in [0.4, 0.5) is 4.79 Å². The lowest BCUT2D eigenvalue weighted by atomic mass is 9.82. The minimum Gasteiger partial charge on any atom is -0.444 e. The fourth-order valence-corrected chi connectivity index (χ4v) is 3.83. The smallest absolute Gasteiger partial charge is 0.407 e. The van der Waals surface area contributed by atoms with Crippen molar-refractivity contribution in [3.63, 3.8) is 0 Å². The van der Waals surface area contributed by atoms with Crippen molar-refractivity contribution in [2.75, 3.05) is 0 Å². The molecule has 2 aromatic rings. The summed E-state index contributed by atoms with van der Waals surface area (Å²) < 4.78 is 5.41. The highest BCUT2D eigenvalue weighted by Gasteiger charge is 2.45. The first-order chi connectivity index (χ1) is 12.3. The number of amides is 1. The van der Waals surface area contributed by atoms with Crippen molar-refractivity contribution in [3.05, 3.63) is 71.8 Å². The number of hydrogen-bond acceptors (Lipinski definition) is 3. The average Bonchev–Trinajstić information content (AvgIpc) is 2.91. The van der Waals surface area contributed by atoms with Gasteiger partial charge in [0.15, 0.2) is 0 Å². The molecule has 0 radical (unpaired) electrons. The molecule has 1 aliphatic carbocycles. The Labute approximate surface area is 155 Å². The first kappa shape index (κ1) is 18.5. The van der Waals surface area contributed by atoms with E-state index in [1.165, 1.54) is 5.56 Å². The molecule has 26 heavy (non-hydrogen) atoms. The van der Waals surface area contributed by atoms with Gasteiger partial charge in [-0.2, -0.15) is 0 Å². The summed E-state index contributed by atoms with van der Waals surface area (Å²) in [5.41, 5.74) is 1.71. The molecule has 0 heterocycles. The summed E-state index contributed by atoms with van der Waals surface area (Å²) in [5.74, 6) is 0.120. The van der Waals surface area contributed by atoms with Gasteiger partial charge in [0, 0.05) is 5.92 Å². The zero-order chi connectivity index (χ0) is 18.7. The van der Waals surface area contributed by atoms with E-state index in [-0.39, 0.29) is 11.8 Å². The Hall–Kier alpha value is -2.33. The molecule has 4 nitrogen and oxygen atoms in total. The van der Waals surface area contributed by atoms with Gasteiger partial charge in [-0.15, -0.1) is 0 Å². The van der Waals surface area contributed by atoms with Crippen molar-refractivity contribution in [2.45, 2.75) is 56.8 Å². The Balaban J connectivity index is 1.90. The molecule has 0 aromatic heterocycles. The van der Waals surface area contributed by atoms with Crippen LogP contribution in [0.25, 0.3) is 0 Å². The molecule has 1 fully saturated rings. The van der Waals surface area contributed by atoms with E-state index < -0.39 is 23.8 Å². The number of nitrogens with one attached hydrogen (secondary N) is 1. The van der Waals surface area contributed by atoms with Crippen molar-refractivity contribution >= 4 is 6.09 Å². The predicted octanol–water partition coefficient (Wildman–Crippen LogP) is 4.21. The second-order valence-corrected chi connectivity index (χ2v) is 7.93. The SMILES string of the molecule is CC(C)(C)OC(=O)NC1C(O)C[C@@H](c2ccccc2)[C@@H]1c1ccccc1. The number of hydrogen-bond donors (Lipinski definition) is 2. The third-order valence-corrected chi connectivity index (χ3v) is 4.83. The third-order valence-electron chi connectivity index (χ3n) is 4.83. The van der Waals surface area contributed by atoms with Crippen LogP contribution in [0.3, 0.4) is 0 Å². The Bertz CT molecular complexity index is 724. The monoisotopic (exact) mass is 353 g/mol. The van der Waals surface area contributed by atoms with Gasteiger partial charge < -0.3 is 15.2 Å². The van der Waals surface area contributed by atoms with Gasteiger partial charge in [0.2, 0.25) is 0 Å². The van der Waals surface area contributed by atoms with Gasteiger partial charge in [-0.3, -0.25) is 0 Å². The van der Waals surface area contributed by atoms with Gasteiger partial charge in [0.25, 0.3) is 0 Å². The van der Waals surface area contributed by atoms with Gasteiger partial charge in [0.1, 0.15) is 5.60 Å². The summed E-state index contributed by atoms with van der Waals surface area (Å²) in [4.78, 5) is 12.3. The molecular formula is C22H27NO3. The van der Waals surface area contributed by atoms with Crippen molar-refractivity contribution in [2.24, 2.45) is 0 Å². The van der Waals surface area contributed by atoms with Crippen molar-refractivity contribution in [1.29, 1.82) is 0 Å². The molecule has 2 unspecified atom stereocenters. The van der Waals surface area contributed by atoms with Gasteiger partial charge >= 0.3 is 6.09 Å². The van der Waals surface area contributed by atoms with E-state index in [4.69, 9.17) is 4.74 Å². The molecule has 0 saturated heterocycles. The van der Waals surface area contributed by atoms with Crippen molar-refractivity contribution in [3.8, 4) is 0 Å². The summed E-state index contributed by atoms with van der Waals surface area (Å²) in [6.45, 7) is 5.50. The molecule has 2 N–H and O–H groups in total. The Kier molecular flexibility index (Phi) is 5.33. The van der Waals surface area contributed by atoms with Crippen LogP contribution in [-0.4, -0.2) is 28.9 Å². The highest BCUT2D eigenvalue weighted by molar-refractivity contribution is 5.68. The summed E-state index contributed by atoms with van der Waals surface area (Å²) in [6, 6.07) is 19.9. The van der Waals surface area contributed by atoms with Crippen LogP contribution in [0.5, 0.6) is 0 Å². The third kappa shape index (κ3) is 4.25. The highest BCUT2D eigenvalue weighted by atomic mass is 16.6. The van der Waals surface area contributed by atoms with E-state index in [2.05, 4.69) is 29.6 Å². The van der Waals surface area contributed by atoms with E-state index in [1.54, 1.807) is 0 Å². The summed E-state index contributed by atoms with van der Waals surface area (Å²) in [6.07, 6.45) is -0.515. The van der Waals surface area contributed by atoms with Crippen LogP contribution in [0.2, 0.25) is 0 Å². The molecule has 4 atom stereocenters. The van der Waals surface area contributed by atoms with Crippen molar-refractivity contribution in [1.82, 2.24) is 5.32 Å². The van der Waals surface area contributed by atoms with Gasteiger partial charge in [-0.1, -0.05) is 60.7 Å². The fourth-order valence-electron chi connectivity index (χ4n) is 3.83. The maximum absolute atomic E-state index is 12.3. The molecule has 1 aliphatic rings. The topological polar surface area (TPSA) is 58.6 Å². The second kappa shape index (κ2) is 7.50. The number of alkyl carbamates (subject to hydrolysis) is 1. The molecular weight excluding hydrogens is 326 g/mol. The average molecular weight is 353 g/mol. The quantitative estimate of drug-likeness (QED) is 0.869. The Morgan fingerprint density at radius 2 is 1.54 bits per heavy atom. The number of carbonyl (C=O) groups excluding carboxylic acids is 1. The van der Waals surface area contributed by atoms with Crippen molar-refractivity contribution < 1.29 is 14.6 Å². The van der Waals surface area contributed by atoms with Crippen LogP contribution >= 0.6 is 0 Å². The Morgan fingerprint density at radius 1 is 1.00 bits per heavy atom. The predicted molar refractivity (Wildman–Crippen MR) is 102 cm³/mol. The lowest BCUT2D eigenvalue weighted by Crippen LogP contribution is -2.45.